The van der Waals surface area contributed by atoms with Crippen LogP contribution in [0.15, 0.2) is 65.1 Å². The zero-order valence-electron chi connectivity index (χ0n) is 11.6. The molecule has 3 heteroatoms. The maximum atomic E-state index is 10.7. The summed E-state index contributed by atoms with van der Waals surface area (Å²) in [6, 6.07) is 19.5. The Labute approximate surface area is 132 Å². The Hall–Kier alpha value is -1.84. The van der Waals surface area contributed by atoms with Crippen LogP contribution in [0.2, 0.25) is 0 Å². The normalized spacial score (nSPS) is 12.3. The Morgan fingerprint density at radius 3 is 2.24 bits per heavy atom. The summed E-state index contributed by atoms with van der Waals surface area (Å²) in [6.07, 6.45) is -0.658. The molecule has 0 aliphatic heterocycles. The van der Waals surface area contributed by atoms with E-state index in [-0.39, 0.29) is 0 Å². The second-order valence-electron chi connectivity index (χ2n) is 4.86. The lowest BCUT2D eigenvalue weighted by Gasteiger charge is -2.16. The Balaban J connectivity index is 2.14. The highest BCUT2D eigenvalue weighted by Gasteiger charge is 2.15. The standard InChI is InChI=1S/C18H15BrO2/c1-21-17-11-10-16(14-4-2-3-5-15(14)17)18(20)12-6-8-13(19)9-7-12/h2-11,18,20H,1H3. The molecule has 0 heterocycles. The van der Waals surface area contributed by atoms with Crippen LogP contribution in [-0.4, -0.2) is 12.2 Å². The minimum Gasteiger partial charge on any atom is -0.496 e. The van der Waals surface area contributed by atoms with Crippen LogP contribution in [0.4, 0.5) is 0 Å². The molecule has 21 heavy (non-hydrogen) atoms. The SMILES string of the molecule is COc1ccc(C(O)c2ccc(Br)cc2)c2ccccc12. The van der Waals surface area contributed by atoms with Crippen molar-refractivity contribution in [1.29, 1.82) is 0 Å². The molecule has 1 N–H and O–H groups in total. The number of benzene rings is 3. The molecule has 3 aromatic carbocycles. The van der Waals surface area contributed by atoms with Gasteiger partial charge in [-0.25, -0.2) is 0 Å². The molecule has 2 nitrogen and oxygen atoms in total. The number of rotatable bonds is 3. The fourth-order valence-electron chi connectivity index (χ4n) is 2.54. The van der Waals surface area contributed by atoms with Gasteiger partial charge < -0.3 is 9.84 Å². The molecule has 0 saturated heterocycles. The van der Waals surface area contributed by atoms with Crippen molar-refractivity contribution < 1.29 is 9.84 Å². The topological polar surface area (TPSA) is 29.5 Å². The van der Waals surface area contributed by atoms with Gasteiger partial charge >= 0.3 is 0 Å². The third-order valence-electron chi connectivity index (χ3n) is 3.62. The zero-order chi connectivity index (χ0) is 14.8. The first-order chi connectivity index (χ1) is 10.2. The van der Waals surface area contributed by atoms with Crippen molar-refractivity contribution in [3.63, 3.8) is 0 Å². The number of aliphatic hydroxyl groups excluding tert-OH is 1. The molecule has 106 valence electrons. The molecular weight excluding hydrogens is 328 g/mol. The van der Waals surface area contributed by atoms with E-state index in [1.54, 1.807) is 7.11 Å². The summed E-state index contributed by atoms with van der Waals surface area (Å²) in [7, 11) is 1.66. The average Bonchev–Trinajstić information content (AvgIpc) is 2.54. The summed E-state index contributed by atoms with van der Waals surface area (Å²) in [4.78, 5) is 0. The van der Waals surface area contributed by atoms with E-state index in [4.69, 9.17) is 4.74 Å². The van der Waals surface area contributed by atoms with Crippen LogP contribution in [0.5, 0.6) is 5.75 Å². The van der Waals surface area contributed by atoms with Crippen molar-refractivity contribution in [2.75, 3.05) is 7.11 Å². The maximum absolute atomic E-state index is 10.7. The Bertz CT molecular complexity index is 766. The highest BCUT2D eigenvalue weighted by molar-refractivity contribution is 9.10. The smallest absolute Gasteiger partial charge is 0.126 e. The summed E-state index contributed by atoms with van der Waals surface area (Å²) in [6.45, 7) is 0. The molecule has 0 radical (unpaired) electrons. The van der Waals surface area contributed by atoms with Crippen molar-refractivity contribution in [3.05, 3.63) is 76.3 Å². The van der Waals surface area contributed by atoms with Gasteiger partial charge in [-0.05, 0) is 34.7 Å². The molecule has 0 aliphatic rings. The number of halogens is 1. The van der Waals surface area contributed by atoms with Crippen LogP contribution in [0.3, 0.4) is 0 Å². The molecule has 0 amide bonds. The minimum atomic E-state index is -0.658. The number of hydrogen-bond acceptors (Lipinski definition) is 2. The summed E-state index contributed by atoms with van der Waals surface area (Å²) >= 11 is 3.41. The summed E-state index contributed by atoms with van der Waals surface area (Å²) in [5, 5.41) is 12.7. The number of methoxy groups -OCH3 is 1. The van der Waals surface area contributed by atoms with Crippen molar-refractivity contribution in [3.8, 4) is 5.75 Å². The zero-order valence-corrected chi connectivity index (χ0v) is 13.2. The highest BCUT2D eigenvalue weighted by Crippen LogP contribution is 2.34. The van der Waals surface area contributed by atoms with Gasteiger partial charge in [0.25, 0.3) is 0 Å². The summed E-state index contributed by atoms with van der Waals surface area (Å²) in [5.41, 5.74) is 1.75. The van der Waals surface area contributed by atoms with E-state index in [2.05, 4.69) is 15.9 Å². The first-order valence-corrected chi connectivity index (χ1v) is 7.49. The largest absolute Gasteiger partial charge is 0.496 e. The van der Waals surface area contributed by atoms with Gasteiger partial charge in [0.15, 0.2) is 0 Å². The van der Waals surface area contributed by atoms with Gasteiger partial charge in [0.1, 0.15) is 11.9 Å². The molecule has 1 atom stereocenters. The Morgan fingerprint density at radius 1 is 0.905 bits per heavy atom. The van der Waals surface area contributed by atoms with Gasteiger partial charge in [-0.15, -0.1) is 0 Å². The fraction of sp³-hybridized carbons (Fsp3) is 0.111. The molecule has 0 aliphatic carbocycles. The van der Waals surface area contributed by atoms with E-state index in [1.807, 2.05) is 60.7 Å². The second-order valence-corrected chi connectivity index (χ2v) is 5.77. The highest BCUT2D eigenvalue weighted by atomic mass is 79.9. The number of ether oxygens (including phenoxy) is 1. The van der Waals surface area contributed by atoms with Crippen molar-refractivity contribution in [2.24, 2.45) is 0 Å². The van der Waals surface area contributed by atoms with Gasteiger partial charge in [-0.2, -0.15) is 0 Å². The number of hydrogen-bond donors (Lipinski definition) is 1. The van der Waals surface area contributed by atoms with Crippen LogP contribution in [0.25, 0.3) is 10.8 Å². The Kier molecular flexibility index (Phi) is 3.95. The Morgan fingerprint density at radius 2 is 1.57 bits per heavy atom. The fourth-order valence-corrected chi connectivity index (χ4v) is 2.80. The first-order valence-electron chi connectivity index (χ1n) is 6.70. The van der Waals surface area contributed by atoms with Gasteiger partial charge in [-0.3, -0.25) is 0 Å². The molecule has 0 spiro atoms. The van der Waals surface area contributed by atoms with E-state index in [1.165, 1.54) is 0 Å². The molecule has 0 aromatic heterocycles. The van der Waals surface area contributed by atoms with Crippen LogP contribution < -0.4 is 4.74 Å². The van der Waals surface area contributed by atoms with Crippen LogP contribution >= 0.6 is 15.9 Å². The molecule has 0 saturated carbocycles. The molecule has 3 rings (SSSR count). The third kappa shape index (κ3) is 2.67. The lowest BCUT2D eigenvalue weighted by Crippen LogP contribution is -2.01. The minimum absolute atomic E-state index is 0.658. The van der Waals surface area contributed by atoms with Gasteiger partial charge in [0.05, 0.1) is 7.11 Å². The van der Waals surface area contributed by atoms with Crippen molar-refractivity contribution in [2.45, 2.75) is 6.10 Å². The second kappa shape index (κ2) is 5.88. The van der Waals surface area contributed by atoms with Gasteiger partial charge in [0.2, 0.25) is 0 Å². The molecular formula is C18H15BrO2. The van der Waals surface area contributed by atoms with E-state index in [0.717, 1.165) is 32.1 Å². The van der Waals surface area contributed by atoms with Crippen LogP contribution in [0, 0.1) is 0 Å². The van der Waals surface area contributed by atoms with E-state index < -0.39 is 6.10 Å². The van der Waals surface area contributed by atoms with E-state index in [0.29, 0.717) is 0 Å². The maximum Gasteiger partial charge on any atom is 0.126 e. The predicted octanol–water partition coefficient (Wildman–Crippen LogP) is 4.69. The molecule has 0 fully saturated rings. The van der Waals surface area contributed by atoms with Gasteiger partial charge in [0, 0.05) is 9.86 Å². The lowest BCUT2D eigenvalue weighted by atomic mass is 9.95. The van der Waals surface area contributed by atoms with E-state index in [9.17, 15) is 5.11 Å². The third-order valence-corrected chi connectivity index (χ3v) is 4.15. The van der Waals surface area contributed by atoms with Gasteiger partial charge in [-0.1, -0.05) is 58.4 Å². The summed E-state index contributed by atoms with van der Waals surface area (Å²) < 4.78 is 6.39. The van der Waals surface area contributed by atoms with Crippen molar-refractivity contribution in [1.82, 2.24) is 0 Å². The quantitative estimate of drug-likeness (QED) is 0.747. The molecule has 3 aromatic rings. The van der Waals surface area contributed by atoms with Crippen LogP contribution in [-0.2, 0) is 0 Å². The monoisotopic (exact) mass is 342 g/mol. The number of fused-ring (bicyclic) bond motifs is 1. The number of aliphatic hydroxyl groups is 1. The average molecular weight is 343 g/mol. The molecule has 1 unspecified atom stereocenters. The predicted molar refractivity (Wildman–Crippen MR) is 88.7 cm³/mol. The van der Waals surface area contributed by atoms with E-state index >= 15 is 0 Å². The summed E-state index contributed by atoms with van der Waals surface area (Å²) in [5.74, 6) is 0.817. The van der Waals surface area contributed by atoms with Crippen LogP contribution in [0.1, 0.15) is 17.2 Å². The lowest BCUT2D eigenvalue weighted by molar-refractivity contribution is 0.222. The molecule has 0 bridgehead atoms. The van der Waals surface area contributed by atoms with Crippen molar-refractivity contribution >= 4 is 26.7 Å². The first kappa shape index (κ1) is 14.1.